The minimum absolute atomic E-state index is 0.339. The summed E-state index contributed by atoms with van der Waals surface area (Å²) in [6.07, 6.45) is 1.49. The first kappa shape index (κ1) is 7.00. The van der Waals surface area contributed by atoms with E-state index in [4.69, 9.17) is 0 Å². The summed E-state index contributed by atoms with van der Waals surface area (Å²) < 4.78 is 15.0. The largest absolute Gasteiger partial charge is 0.287 e. The number of rotatable bonds is 0. The van der Waals surface area contributed by atoms with E-state index in [0.717, 1.165) is 0 Å². The van der Waals surface area contributed by atoms with Crippen molar-refractivity contribution in [2.45, 2.75) is 4.90 Å². The smallest absolute Gasteiger partial charge is 0.266 e. The third kappa shape index (κ3) is 0.844. The summed E-state index contributed by atoms with van der Waals surface area (Å²) in [5, 5.41) is 3.42. The first-order valence-corrected chi connectivity index (χ1v) is 5.80. The fraction of sp³-hybridized carbons (Fsp3) is 0.167. The quantitative estimate of drug-likeness (QED) is 0.615. The van der Waals surface area contributed by atoms with Crippen LogP contribution in [0.4, 0.5) is 0 Å². The summed E-state index contributed by atoms with van der Waals surface area (Å²) in [5.41, 5.74) is 0.516. The zero-order valence-electron chi connectivity index (χ0n) is 5.73. The number of nitrogens with zero attached hydrogens (tertiary/aromatic N) is 1. The van der Waals surface area contributed by atoms with Crippen LogP contribution in [-0.2, 0) is 9.73 Å². The van der Waals surface area contributed by atoms with Crippen LogP contribution in [0.2, 0.25) is 0 Å². The Morgan fingerprint density at radius 1 is 1.55 bits per heavy atom. The summed E-state index contributed by atoms with van der Waals surface area (Å²) in [4.78, 5) is 11.6. The van der Waals surface area contributed by atoms with Gasteiger partial charge in [-0.2, -0.15) is 15.7 Å². The number of fused-ring (bicyclic) bond motifs is 1. The summed E-state index contributed by atoms with van der Waals surface area (Å²) in [6.45, 7) is 0. The van der Waals surface area contributed by atoms with Crippen LogP contribution >= 0.6 is 11.3 Å². The van der Waals surface area contributed by atoms with Crippen molar-refractivity contribution < 1.29 is 9.00 Å². The lowest BCUT2D eigenvalue weighted by Crippen LogP contribution is -1.89. The Morgan fingerprint density at radius 2 is 2.27 bits per heavy atom. The lowest BCUT2D eigenvalue weighted by Gasteiger charge is -1.89. The van der Waals surface area contributed by atoms with Gasteiger partial charge in [0.15, 0.2) is 0 Å². The molecule has 0 radical (unpaired) electrons. The number of hydrogen-bond acceptors (Lipinski definition) is 3. The lowest BCUT2D eigenvalue weighted by molar-refractivity contribution is 0.101. The number of carbonyl (C=O) groups excluding carboxylic acids is 1. The highest BCUT2D eigenvalue weighted by Gasteiger charge is 2.26. The minimum atomic E-state index is -2.38. The van der Waals surface area contributed by atoms with Crippen molar-refractivity contribution in [1.29, 1.82) is 0 Å². The van der Waals surface area contributed by atoms with Gasteiger partial charge in [0.2, 0.25) is 0 Å². The predicted molar refractivity (Wildman–Crippen MR) is 43.4 cm³/mol. The Kier molecular flexibility index (Phi) is 1.22. The molecule has 5 heteroatoms. The number of amides is 1. The molecule has 2 heterocycles. The normalized spacial score (nSPS) is 28.3. The van der Waals surface area contributed by atoms with Crippen LogP contribution in [0.25, 0.3) is 0 Å². The average molecular weight is 187 g/mol. The topological polar surface area (TPSA) is 46.5 Å². The Morgan fingerprint density at radius 3 is 2.91 bits per heavy atom. The van der Waals surface area contributed by atoms with E-state index in [9.17, 15) is 9.00 Å². The molecule has 1 aliphatic heterocycles. The van der Waals surface area contributed by atoms with E-state index < -0.39 is 9.73 Å². The zero-order valence-corrected chi connectivity index (χ0v) is 7.37. The van der Waals surface area contributed by atoms with Crippen LogP contribution in [0.3, 0.4) is 0 Å². The van der Waals surface area contributed by atoms with Gasteiger partial charge in [0.05, 0.1) is 20.2 Å². The molecule has 0 fully saturated rings. The number of carbonyl (C=O) groups is 1. The zero-order chi connectivity index (χ0) is 8.06. The highest BCUT2D eigenvalue weighted by Crippen LogP contribution is 2.28. The van der Waals surface area contributed by atoms with Gasteiger partial charge >= 0.3 is 0 Å². The van der Waals surface area contributed by atoms with Gasteiger partial charge in [-0.3, -0.25) is 4.79 Å². The molecule has 0 saturated carbocycles. The van der Waals surface area contributed by atoms with E-state index in [-0.39, 0.29) is 5.91 Å². The van der Waals surface area contributed by atoms with Gasteiger partial charge in [-0.1, -0.05) is 0 Å². The average Bonchev–Trinajstić information content (AvgIpc) is 2.37. The van der Waals surface area contributed by atoms with Crippen LogP contribution in [0.1, 0.15) is 10.4 Å². The molecule has 58 valence electrons. The van der Waals surface area contributed by atoms with E-state index in [1.165, 1.54) is 17.6 Å². The molecule has 1 aromatic rings. The predicted octanol–water partition coefficient (Wildman–Crippen LogP) is 1.36. The van der Waals surface area contributed by atoms with E-state index in [1.807, 2.05) is 0 Å². The molecule has 1 aromatic heterocycles. The maximum atomic E-state index is 11.5. The third-order valence-electron chi connectivity index (χ3n) is 1.52. The molecular weight excluding hydrogens is 182 g/mol. The molecule has 1 amide bonds. The molecule has 2 rings (SSSR count). The van der Waals surface area contributed by atoms with Crippen LogP contribution in [-0.4, -0.2) is 16.4 Å². The molecule has 11 heavy (non-hydrogen) atoms. The van der Waals surface area contributed by atoms with Gasteiger partial charge < -0.3 is 0 Å². The van der Waals surface area contributed by atoms with E-state index in [1.54, 1.807) is 10.8 Å². The Bertz CT molecular complexity index is 437. The summed E-state index contributed by atoms with van der Waals surface area (Å²) in [5.74, 6) is -0.339. The van der Waals surface area contributed by atoms with Crippen molar-refractivity contribution in [3.05, 3.63) is 16.3 Å². The summed E-state index contributed by atoms with van der Waals surface area (Å²) >= 11 is 1.39. The van der Waals surface area contributed by atoms with Crippen molar-refractivity contribution in [2.75, 3.05) is 6.26 Å². The van der Waals surface area contributed by atoms with Gasteiger partial charge in [-0.05, 0) is 0 Å². The number of thiophene rings is 1. The first-order valence-electron chi connectivity index (χ1n) is 2.94. The standard InChI is InChI=1S/C6H5NO2S2/c1-11(9)5-3-10-2-4(5)6(8)7-11/h2-3H,1H3. The first-order chi connectivity index (χ1) is 5.11. The van der Waals surface area contributed by atoms with E-state index >= 15 is 0 Å². The molecule has 0 bridgehead atoms. The Balaban J connectivity index is 2.89. The Hall–Kier alpha value is -0.680. The summed E-state index contributed by atoms with van der Waals surface area (Å²) in [6, 6.07) is 0. The fourth-order valence-electron chi connectivity index (χ4n) is 0.991. The van der Waals surface area contributed by atoms with Crippen molar-refractivity contribution in [2.24, 2.45) is 4.36 Å². The second kappa shape index (κ2) is 1.92. The molecule has 0 saturated heterocycles. The second-order valence-electron chi connectivity index (χ2n) is 2.35. The van der Waals surface area contributed by atoms with Crippen LogP contribution < -0.4 is 0 Å². The molecule has 3 nitrogen and oxygen atoms in total. The van der Waals surface area contributed by atoms with Gasteiger partial charge in [0.1, 0.15) is 0 Å². The van der Waals surface area contributed by atoms with Crippen molar-refractivity contribution in [3.63, 3.8) is 0 Å². The molecule has 1 unspecified atom stereocenters. The maximum absolute atomic E-state index is 11.5. The van der Waals surface area contributed by atoms with E-state index in [2.05, 4.69) is 4.36 Å². The fourth-order valence-corrected chi connectivity index (χ4v) is 3.70. The lowest BCUT2D eigenvalue weighted by atomic mass is 10.3. The van der Waals surface area contributed by atoms with Gasteiger partial charge in [0.25, 0.3) is 5.91 Å². The van der Waals surface area contributed by atoms with Crippen LogP contribution in [0.5, 0.6) is 0 Å². The highest BCUT2D eigenvalue weighted by molar-refractivity contribution is 7.93. The van der Waals surface area contributed by atoms with Crippen LogP contribution in [0.15, 0.2) is 20.0 Å². The third-order valence-corrected chi connectivity index (χ3v) is 4.08. The van der Waals surface area contributed by atoms with Crippen molar-refractivity contribution in [1.82, 2.24) is 0 Å². The molecule has 0 N–H and O–H groups in total. The van der Waals surface area contributed by atoms with Crippen molar-refractivity contribution in [3.8, 4) is 0 Å². The highest BCUT2D eigenvalue weighted by atomic mass is 32.2. The van der Waals surface area contributed by atoms with E-state index in [0.29, 0.717) is 10.5 Å². The molecule has 0 aliphatic carbocycles. The molecule has 0 aromatic carbocycles. The Labute approximate surface area is 68.2 Å². The monoisotopic (exact) mass is 187 g/mol. The SMILES string of the molecule is CS1(=O)=NC(=O)c2cscc21. The number of hydrogen-bond donors (Lipinski definition) is 0. The summed E-state index contributed by atoms with van der Waals surface area (Å²) in [7, 11) is -2.38. The second-order valence-corrected chi connectivity index (χ2v) is 5.32. The van der Waals surface area contributed by atoms with Crippen molar-refractivity contribution >= 4 is 27.0 Å². The molecule has 1 aliphatic rings. The van der Waals surface area contributed by atoms with Gasteiger partial charge in [-0.15, -0.1) is 0 Å². The minimum Gasteiger partial charge on any atom is -0.266 e. The van der Waals surface area contributed by atoms with Gasteiger partial charge in [0, 0.05) is 17.0 Å². The maximum Gasteiger partial charge on any atom is 0.287 e. The molecular formula is C6H5NO2S2. The molecule has 0 spiro atoms. The van der Waals surface area contributed by atoms with Crippen LogP contribution in [0, 0.1) is 0 Å². The van der Waals surface area contributed by atoms with Gasteiger partial charge in [-0.25, -0.2) is 4.21 Å². The molecule has 1 atom stereocenters.